The van der Waals surface area contributed by atoms with Crippen molar-refractivity contribution in [2.24, 2.45) is 0 Å². The Balaban J connectivity index is 1.72. The van der Waals surface area contributed by atoms with E-state index in [0.29, 0.717) is 16.0 Å². The van der Waals surface area contributed by atoms with Crippen LogP contribution in [0, 0.1) is 6.92 Å². The van der Waals surface area contributed by atoms with Gasteiger partial charge in [-0.05, 0) is 54.1 Å². The van der Waals surface area contributed by atoms with Crippen molar-refractivity contribution in [2.45, 2.75) is 20.0 Å². The second-order valence-corrected chi connectivity index (χ2v) is 6.37. The highest BCUT2D eigenvalue weighted by molar-refractivity contribution is 9.10. The molecule has 25 heavy (non-hydrogen) atoms. The van der Waals surface area contributed by atoms with E-state index in [-0.39, 0.29) is 5.78 Å². The maximum atomic E-state index is 12.7. The molecule has 3 aromatic rings. The van der Waals surface area contributed by atoms with Gasteiger partial charge in [-0.25, -0.2) is 4.79 Å². The van der Waals surface area contributed by atoms with Crippen molar-refractivity contribution in [3.63, 3.8) is 0 Å². The maximum absolute atomic E-state index is 12.7. The van der Waals surface area contributed by atoms with Crippen LogP contribution in [0.5, 0.6) is 0 Å². The number of furan rings is 1. The molecule has 6 heteroatoms. The van der Waals surface area contributed by atoms with Gasteiger partial charge in [-0.2, -0.15) is 0 Å². The molecule has 2 aromatic heterocycles. The smallest absolute Gasteiger partial charge is 0.331 e. The van der Waals surface area contributed by atoms with E-state index in [4.69, 9.17) is 9.15 Å². The lowest BCUT2D eigenvalue weighted by molar-refractivity contribution is -0.140. The number of aromatic amines is 1. The van der Waals surface area contributed by atoms with Crippen LogP contribution in [0.2, 0.25) is 0 Å². The molecule has 0 spiro atoms. The number of carbonyl (C=O) groups is 2. The number of Topliss-reactive ketones (excluding diaryl/α,β-unsaturated/α-hetero) is 1. The highest BCUT2D eigenvalue weighted by atomic mass is 79.9. The zero-order valence-corrected chi connectivity index (χ0v) is 15.3. The quantitative estimate of drug-likeness (QED) is 0.383. The molecule has 0 saturated heterocycles. The topological polar surface area (TPSA) is 72.3 Å². The summed E-state index contributed by atoms with van der Waals surface area (Å²) in [5.74, 6) is -0.335. The maximum Gasteiger partial charge on any atom is 0.331 e. The lowest BCUT2D eigenvalue weighted by atomic mass is 10.0. The Kier molecular flexibility index (Phi) is 4.90. The van der Waals surface area contributed by atoms with Gasteiger partial charge < -0.3 is 14.1 Å². The second-order valence-electron chi connectivity index (χ2n) is 5.59. The van der Waals surface area contributed by atoms with E-state index in [1.165, 1.54) is 12.2 Å². The summed E-state index contributed by atoms with van der Waals surface area (Å²) in [5, 5.41) is 0.823. The van der Waals surface area contributed by atoms with Crippen LogP contribution in [-0.2, 0) is 9.53 Å². The van der Waals surface area contributed by atoms with E-state index in [0.717, 1.165) is 16.6 Å². The number of H-pyrrole nitrogens is 1. The SMILES string of the molecule is Cc1[nH]c2ccccc2c1C(=O)[C@@H](C)OC(=O)/C=C/c1ccc(Br)o1. The number of ether oxygens (including phenoxy) is 1. The minimum atomic E-state index is -0.890. The number of carbonyl (C=O) groups excluding carboxylic acids is 2. The average Bonchev–Trinajstić information content (AvgIpc) is 3.14. The predicted molar refractivity (Wildman–Crippen MR) is 98.4 cm³/mol. The Hall–Kier alpha value is -2.60. The number of esters is 1. The Labute approximate surface area is 152 Å². The number of aryl methyl sites for hydroxylation is 1. The molecule has 1 aromatic carbocycles. The van der Waals surface area contributed by atoms with Crippen molar-refractivity contribution in [2.75, 3.05) is 0 Å². The molecule has 0 saturated carbocycles. The van der Waals surface area contributed by atoms with E-state index in [1.807, 2.05) is 31.2 Å². The van der Waals surface area contributed by atoms with Crippen molar-refractivity contribution >= 4 is 44.7 Å². The molecule has 0 radical (unpaired) electrons. The largest absolute Gasteiger partial charge is 0.451 e. The van der Waals surface area contributed by atoms with Crippen molar-refractivity contribution in [1.82, 2.24) is 4.98 Å². The Morgan fingerprint density at radius 1 is 1.24 bits per heavy atom. The van der Waals surface area contributed by atoms with Gasteiger partial charge in [0.2, 0.25) is 5.78 Å². The van der Waals surface area contributed by atoms with Crippen molar-refractivity contribution in [3.8, 4) is 0 Å². The van der Waals surface area contributed by atoms with Gasteiger partial charge in [0, 0.05) is 28.2 Å². The first kappa shape index (κ1) is 17.2. The Morgan fingerprint density at radius 3 is 2.72 bits per heavy atom. The molecule has 0 aliphatic rings. The van der Waals surface area contributed by atoms with Gasteiger partial charge in [-0.1, -0.05) is 18.2 Å². The van der Waals surface area contributed by atoms with E-state index < -0.39 is 12.1 Å². The van der Waals surface area contributed by atoms with Crippen LogP contribution in [0.1, 0.15) is 28.7 Å². The van der Waals surface area contributed by atoms with Crippen LogP contribution in [-0.4, -0.2) is 22.8 Å². The van der Waals surface area contributed by atoms with Crippen LogP contribution in [0.15, 0.2) is 51.6 Å². The predicted octanol–water partition coefficient (Wildman–Crippen LogP) is 4.66. The fraction of sp³-hybridized carbons (Fsp3) is 0.158. The third-order valence-electron chi connectivity index (χ3n) is 3.78. The molecule has 1 N–H and O–H groups in total. The number of rotatable bonds is 5. The molecule has 1 atom stereocenters. The summed E-state index contributed by atoms with van der Waals surface area (Å²) in [6, 6.07) is 11.0. The molecule has 0 bridgehead atoms. The Bertz CT molecular complexity index is 967. The molecule has 128 valence electrons. The van der Waals surface area contributed by atoms with E-state index in [2.05, 4.69) is 20.9 Å². The normalized spacial score (nSPS) is 12.6. The third-order valence-corrected chi connectivity index (χ3v) is 4.21. The number of nitrogens with one attached hydrogen (secondary N) is 1. The number of halogens is 1. The standard InChI is InChI=1S/C19H16BrNO4/c1-11-18(14-5-3-4-6-15(14)21-11)19(23)12(2)24-17(22)10-8-13-7-9-16(20)25-13/h3-10,12,21H,1-2H3/b10-8+/t12-/m1/s1. The average molecular weight is 402 g/mol. The Morgan fingerprint density at radius 2 is 2.00 bits per heavy atom. The van der Waals surface area contributed by atoms with Crippen LogP contribution in [0.4, 0.5) is 0 Å². The molecule has 0 fully saturated rings. The highest BCUT2D eigenvalue weighted by Crippen LogP contribution is 2.24. The first-order valence-corrected chi connectivity index (χ1v) is 8.50. The number of ketones is 1. The van der Waals surface area contributed by atoms with Gasteiger partial charge in [0.15, 0.2) is 10.8 Å². The van der Waals surface area contributed by atoms with E-state index in [9.17, 15) is 9.59 Å². The van der Waals surface area contributed by atoms with Crippen LogP contribution in [0.25, 0.3) is 17.0 Å². The fourth-order valence-corrected chi connectivity index (χ4v) is 2.95. The second kappa shape index (κ2) is 7.11. The zero-order chi connectivity index (χ0) is 18.0. The van der Waals surface area contributed by atoms with Gasteiger partial charge >= 0.3 is 5.97 Å². The first-order chi connectivity index (χ1) is 12.0. The number of hydrogen-bond donors (Lipinski definition) is 1. The molecule has 5 nitrogen and oxygen atoms in total. The first-order valence-electron chi connectivity index (χ1n) is 7.71. The summed E-state index contributed by atoms with van der Waals surface area (Å²) < 4.78 is 11.1. The molecule has 0 unspecified atom stereocenters. The highest BCUT2D eigenvalue weighted by Gasteiger charge is 2.23. The van der Waals surface area contributed by atoms with E-state index >= 15 is 0 Å². The zero-order valence-electron chi connectivity index (χ0n) is 13.7. The molecular weight excluding hydrogens is 386 g/mol. The van der Waals surface area contributed by atoms with Crippen molar-refractivity contribution in [3.05, 3.63) is 64.2 Å². The number of para-hydroxylation sites is 1. The number of hydrogen-bond acceptors (Lipinski definition) is 4. The summed E-state index contributed by atoms with van der Waals surface area (Å²) in [6.45, 7) is 3.40. The lowest BCUT2D eigenvalue weighted by Gasteiger charge is -2.11. The minimum Gasteiger partial charge on any atom is -0.451 e. The third kappa shape index (κ3) is 3.74. The van der Waals surface area contributed by atoms with Gasteiger partial charge in [0.1, 0.15) is 5.76 Å². The summed E-state index contributed by atoms with van der Waals surface area (Å²) in [6.07, 6.45) is 1.83. The fourth-order valence-electron chi connectivity index (χ4n) is 2.63. The van der Waals surface area contributed by atoms with Crippen LogP contribution < -0.4 is 0 Å². The molecule has 3 rings (SSSR count). The van der Waals surface area contributed by atoms with Gasteiger partial charge in [-0.3, -0.25) is 4.79 Å². The van der Waals surface area contributed by atoms with Crippen LogP contribution in [0.3, 0.4) is 0 Å². The number of fused-ring (bicyclic) bond motifs is 1. The summed E-state index contributed by atoms with van der Waals surface area (Å²) >= 11 is 3.18. The monoisotopic (exact) mass is 401 g/mol. The number of aromatic nitrogens is 1. The summed E-state index contributed by atoms with van der Waals surface area (Å²) in [5.41, 5.74) is 2.19. The van der Waals surface area contributed by atoms with Crippen molar-refractivity contribution < 1.29 is 18.7 Å². The molecule has 0 amide bonds. The molecule has 2 heterocycles. The molecule has 0 aliphatic heterocycles. The number of benzene rings is 1. The molecular formula is C19H16BrNO4. The van der Waals surface area contributed by atoms with E-state index in [1.54, 1.807) is 19.1 Å². The van der Waals surface area contributed by atoms with Gasteiger partial charge in [-0.15, -0.1) is 0 Å². The van der Waals surface area contributed by atoms with Gasteiger partial charge in [0.25, 0.3) is 0 Å². The minimum absolute atomic E-state index is 0.238. The summed E-state index contributed by atoms with van der Waals surface area (Å²) in [4.78, 5) is 27.8. The van der Waals surface area contributed by atoms with Crippen LogP contribution >= 0.6 is 15.9 Å². The van der Waals surface area contributed by atoms with Crippen molar-refractivity contribution in [1.29, 1.82) is 0 Å². The molecule has 0 aliphatic carbocycles. The lowest BCUT2D eigenvalue weighted by Crippen LogP contribution is -2.24. The summed E-state index contributed by atoms with van der Waals surface area (Å²) in [7, 11) is 0. The van der Waals surface area contributed by atoms with Gasteiger partial charge in [0.05, 0.1) is 0 Å².